The summed E-state index contributed by atoms with van der Waals surface area (Å²) in [5.41, 5.74) is 0.453. The minimum atomic E-state index is -0.452. The van der Waals surface area contributed by atoms with Crippen molar-refractivity contribution in [1.29, 1.82) is 0 Å². The van der Waals surface area contributed by atoms with Crippen molar-refractivity contribution in [2.24, 2.45) is 0 Å². The van der Waals surface area contributed by atoms with E-state index in [1.165, 1.54) is 0 Å². The van der Waals surface area contributed by atoms with Gasteiger partial charge in [0.25, 0.3) is 0 Å². The topological polar surface area (TPSA) is 67.3 Å². The molecule has 1 fully saturated rings. The highest BCUT2D eigenvalue weighted by Gasteiger charge is 2.30. The van der Waals surface area contributed by atoms with E-state index >= 15 is 0 Å². The first kappa shape index (κ1) is 16.7. The number of ether oxygens (including phenoxy) is 1. The highest BCUT2D eigenvalue weighted by molar-refractivity contribution is 5.68. The van der Waals surface area contributed by atoms with Gasteiger partial charge in [0.2, 0.25) is 0 Å². The lowest BCUT2D eigenvalue weighted by molar-refractivity contribution is 0.00993. The first-order chi connectivity index (χ1) is 10.5. The molecule has 0 unspecified atom stereocenters. The van der Waals surface area contributed by atoms with Crippen molar-refractivity contribution in [3.63, 3.8) is 0 Å². The Morgan fingerprint density at radius 2 is 2.23 bits per heavy atom. The molecule has 1 N–H and O–H groups in total. The standard InChI is InChI=1S/C16H26N4O2/c1-16(2,3)22-15(21)20-9-5-4-6-14(20)12-18-11-13-10-17-7-8-19-13/h7-8,10,14,18H,4-6,9,11-12H2,1-3H3/t14-/m0/s1. The Morgan fingerprint density at radius 3 is 2.91 bits per heavy atom. The Hall–Kier alpha value is -1.69. The Bertz CT molecular complexity index is 473. The molecule has 0 aromatic carbocycles. The molecule has 6 heteroatoms. The van der Waals surface area contributed by atoms with Gasteiger partial charge in [-0.3, -0.25) is 9.97 Å². The van der Waals surface area contributed by atoms with Gasteiger partial charge in [0.15, 0.2) is 0 Å². The molecule has 122 valence electrons. The number of aromatic nitrogens is 2. The van der Waals surface area contributed by atoms with E-state index in [1.54, 1.807) is 18.6 Å². The van der Waals surface area contributed by atoms with Crippen LogP contribution in [0.4, 0.5) is 4.79 Å². The summed E-state index contributed by atoms with van der Waals surface area (Å²) in [6.07, 6.45) is 8.08. The van der Waals surface area contributed by atoms with Gasteiger partial charge in [-0.05, 0) is 40.0 Å². The van der Waals surface area contributed by atoms with Gasteiger partial charge in [0.05, 0.1) is 5.69 Å². The van der Waals surface area contributed by atoms with Gasteiger partial charge >= 0.3 is 6.09 Å². The summed E-state index contributed by atoms with van der Waals surface area (Å²) in [5, 5.41) is 3.37. The summed E-state index contributed by atoms with van der Waals surface area (Å²) >= 11 is 0. The van der Waals surface area contributed by atoms with Crippen LogP contribution >= 0.6 is 0 Å². The van der Waals surface area contributed by atoms with Crippen LogP contribution in [-0.2, 0) is 11.3 Å². The van der Waals surface area contributed by atoms with Gasteiger partial charge in [0.1, 0.15) is 5.60 Å². The fraction of sp³-hybridized carbons (Fsp3) is 0.688. The summed E-state index contributed by atoms with van der Waals surface area (Å²) in [6, 6.07) is 0.181. The molecule has 1 aromatic rings. The first-order valence-corrected chi connectivity index (χ1v) is 7.91. The van der Waals surface area contributed by atoms with Crippen molar-refractivity contribution >= 4 is 6.09 Å². The zero-order valence-electron chi connectivity index (χ0n) is 13.7. The van der Waals surface area contributed by atoms with E-state index in [1.807, 2.05) is 25.7 Å². The zero-order valence-corrected chi connectivity index (χ0v) is 13.7. The van der Waals surface area contributed by atoms with Crippen molar-refractivity contribution in [2.45, 2.75) is 58.2 Å². The largest absolute Gasteiger partial charge is 0.444 e. The molecular formula is C16H26N4O2. The smallest absolute Gasteiger partial charge is 0.410 e. The van der Waals surface area contributed by atoms with Crippen LogP contribution in [0.3, 0.4) is 0 Å². The number of nitrogens with zero attached hydrogens (tertiary/aromatic N) is 3. The number of carbonyl (C=O) groups excluding carboxylic acids is 1. The number of hydrogen-bond donors (Lipinski definition) is 1. The van der Waals surface area contributed by atoms with Crippen LogP contribution in [0.2, 0.25) is 0 Å². The molecule has 1 atom stereocenters. The van der Waals surface area contributed by atoms with Gasteiger partial charge in [-0.15, -0.1) is 0 Å². The third-order valence-electron chi connectivity index (χ3n) is 3.56. The lowest BCUT2D eigenvalue weighted by Gasteiger charge is -2.36. The third-order valence-corrected chi connectivity index (χ3v) is 3.56. The highest BCUT2D eigenvalue weighted by Crippen LogP contribution is 2.20. The summed E-state index contributed by atoms with van der Waals surface area (Å²) in [6.45, 7) is 7.87. The number of rotatable bonds is 4. The number of carbonyl (C=O) groups is 1. The second-order valence-corrected chi connectivity index (χ2v) is 6.65. The number of piperidine rings is 1. The molecule has 2 heterocycles. The molecule has 0 aliphatic carbocycles. The molecule has 6 nitrogen and oxygen atoms in total. The molecule has 1 saturated heterocycles. The third kappa shape index (κ3) is 5.26. The average Bonchev–Trinajstić information content (AvgIpc) is 2.47. The molecule has 22 heavy (non-hydrogen) atoms. The number of hydrogen-bond acceptors (Lipinski definition) is 5. The minimum Gasteiger partial charge on any atom is -0.444 e. The van der Waals surface area contributed by atoms with Crippen LogP contribution < -0.4 is 5.32 Å². The molecule has 1 aliphatic rings. The lowest BCUT2D eigenvalue weighted by atomic mass is 10.0. The maximum absolute atomic E-state index is 12.3. The molecule has 1 amide bonds. The van der Waals surface area contributed by atoms with Gasteiger partial charge in [0, 0.05) is 44.3 Å². The first-order valence-electron chi connectivity index (χ1n) is 7.91. The Labute approximate surface area is 132 Å². The second-order valence-electron chi connectivity index (χ2n) is 6.65. The van der Waals surface area contributed by atoms with Crippen molar-refractivity contribution in [2.75, 3.05) is 13.1 Å². The predicted molar refractivity (Wildman–Crippen MR) is 84.3 cm³/mol. The lowest BCUT2D eigenvalue weighted by Crippen LogP contribution is -2.50. The van der Waals surface area contributed by atoms with Crippen molar-refractivity contribution < 1.29 is 9.53 Å². The average molecular weight is 306 g/mol. The minimum absolute atomic E-state index is 0.181. The van der Waals surface area contributed by atoms with Gasteiger partial charge in [-0.25, -0.2) is 4.79 Å². The fourth-order valence-electron chi connectivity index (χ4n) is 2.56. The predicted octanol–water partition coefficient (Wildman–Crippen LogP) is 2.36. The van der Waals surface area contributed by atoms with Crippen LogP contribution in [0.1, 0.15) is 45.7 Å². The second kappa shape index (κ2) is 7.54. The van der Waals surface area contributed by atoms with E-state index in [0.29, 0.717) is 6.54 Å². The van der Waals surface area contributed by atoms with Crippen molar-refractivity contribution in [3.05, 3.63) is 24.3 Å². The molecule has 0 saturated carbocycles. The monoisotopic (exact) mass is 306 g/mol. The van der Waals surface area contributed by atoms with E-state index in [9.17, 15) is 4.79 Å². The van der Waals surface area contributed by atoms with Gasteiger partial charge in [-0.2, -0.15) is 0 Å². The zero-order chi connectivity index (χ0) is 16.0. The van der Waals surface area contributed by atoms with Crippen LogP contribution in [0.15, 0.2) is 18.6 Å². The number of nitrogens with one attached hydrogen (secondary N) is 1. The molecule has 1 aromatic heterocycles. The van der Waals surface area contributed by atoms with E-state index in [2.05, 4.69) is 15.3 Å². The molecule has 1 aliphatic heterocycles. The summed E-state index contributed by atoms with van der Waals surface area (Å²) in [7, 11) is 0. The van der Waals surface area contributed by atoms with E-state index in [0.717, 1.165) is 38.0 Å². The van der Waals surface area contributed by atoms with Gasteiger partial charge in [-0.1, -0.05) is 0 Å². The van der Waals surface area contributed by atoms with Crippen LogP contribution in [0, 0.1) is 0 Å². The van der Waals surface area contributed by atoms with E-state index < -0.39 is 5.60 Å². The maximum Gasteiger partial charge on any atom is 0.410 e. The Kier molecular flexibility index (Phi) is 5.71. The summed E-state index contributed by atoms with van der Waals surface area (Å²) in [5.74, 6) is 0. The number of amides is 1. The Balaban J connectivity index is 1.85. The summed E-state index contributed by atoms with van der Waals surface area (Å²) in [4.78, 5) is 22.5. The molecule has 0 radical (unpaired) electrons. The van der Waals surface area contributed by atoms with E-state index in [4.69, 9.17) is 4.74 Å². The molecule has 0 bridgehead atoms. The number of likely N-dealkylation sites (tertiary alicyclic amines) is 1. The fourth-order valence-corrected chi connectivity index (χ4v) is 2.56. The van der Waals surface area contributed by atoms with Crippen LogP contribution in [0.25, 0.3) is 0 Å². The molecule has 0 spiro atoms. The van der Waals surface area contributed by atoms with Crippen molar-refractivity contribution in [1.82, 2.24) is 20.2 Å². The summed E-state index contributed by atoms with van der Waals surface area (Å²) < 4.78 is 5.51. The quantitative estimate of drug-likeness (QED) is 0.925. The SMILES string of the molecule is CC(C)(C)OC(=O)N1CCCC[C@H]1CNCc1cnccn1. The maximum atomic E-state index is 12.3. The molecular weight excluding hydrogens is 280 g/mol. The van der Waals surface area contributed by atoms with Crippen LogP contribution in [0.5, 0.6) is 0 Å². The van der Waals surface area contributed by atoms with Crippen LogP contribution in [-0.4, -0.2) is 45.7 Å². The van der Waals surface area contributed by atoms with Gasteiger partial charge < -0.3 is 15.0 Å². The molecule has 2 rings (SSSR count). The van der Waals surface area contributed by atoms with Crippen molar-refractivity contribution in [3.8, 4) is 0 Å². The Morgan fingerprint density at radius 1 is 1.41 bits per heavy atom. The van der Waals surface area contributed by atoms with E-state index in [-0.39, 0.29) is 12.1 Å². The normalized spacial score (nSPS) is 19.0. The highest BCUT2D eigenvalue weighted by atomic mass is 16.6.